The van der Waals surface area contributed by atoms with Crippen molar-refractivity contribution in [2.24, 2.45) is 0 Å². The summed E-state index contributed by atoms with van der Waals surface area (Å²) in [5.41, 5.74) is -0.142. The molecule has 0 amide bonds. The second-order valence-corrected chi connectivity index (χ2v) is 3.80. The number of fused-ring (bicyclic) bond motifs is 1. The first-order chi connectivity index (χ1) is 9.65. The van der Waals surface area contributed by atoms with E-state index in [4.69, 9.17) is 19.2 Å². The normalized spacial score (nSPS) is 10.0. The van der Waals surface area contributed by atoms with Crippen molar-refractivity contribution in [3.63, 3.8) is 0 Å². The van der Waals surface area contributed by atoms with Crippen molar-refractivity contribution >= 4 is 16.9 Å². The average molecular weight is 273 g/mol. The minimum absolute atomic E-state index is 0.118. The van der Waals surface area contributed by atoms with Crippen molar-refractivity contribution in [1.82, 2.24) is 0 Å². The summed E-state index contributed by atoms with van der Waals surface area (Å²) in [5, 5.41) is 8.77. The molecule has 0 spiro atoms. The number of hydrogen-bond donors (Lipinski definition) is 0. The Morgan fingerprint density at radius 1 is 1.40 bits per heavy atom. The molecule has 0 fully saturated rings. The number of esters is 1. The van der Waals surface area contributed by atoms with Crippen molar-refractivity contribution in [3.8, 4) is 11.8 Å². The first-order valence-electron chi connectivity index (χ1n) is 5.90. The molecule has 0 aliphatic heterocycles. The van der Waals surface area contributed by atoms with Crippen LogP contribution in [0.5, 0.6) is 5.75 Å². The second kappa shape index (κ2) is 5.89. The summed E-state index contributed by atoms with van der Waals surface area (Å²) in [6.45, 7) is 1.73. The van der Waals surface area contributed by atoms with Gasteiger partial charge in [0.05, 0.1) is 12.0 Å². The molecule has 0 bridgehead atoms. The van der Waals surface area contributed by atoms with Crippen LogP contribution in [0, 0.1) is 11.3 Å². The molecular formula is C14H11NO5. The molecule has 20 heavy (non-hydrogen) atoms. The van der Waals surface area contributed by atoms with Gasteiger partial charge in [-0.05, 0) is 19.1 Å². The number of carbonyl (C=O) groups excluding carboxylic acids is 1. The highest BCUT2D eigenvalue weighted by atomic mass is 16.5. The van der Waals surface area contributed by atoms with E-state index < -0.39 is 5.97 Å². The van der Waals surface area contributed by atoms with Gasteiger partial charge in [-0.25, -0.2) is 4.79 Å². The monoisotopic (exact) mass is 273 g/mol. The Bertz CT molecular complexity index is 741. The highest BCUT2D eigenvalue weighted by Crippen LogP contribution is 2.20. The van der Waals surface area contributed by atoms with Gasteiger partial charge in [-0.1, -0.05) is 0 Å². The molecular weight excluding hydrogens is 262 g/mol. The zero-order valence-electron chi connectivity index (χ0n) is 10.7. The van der Waals surface area contributed by atoms with Gasteiger partial charge in [0.25, 0.3) is 0 Å². The summed E-state index contributed by atoms with van der Waals surface area (Å²) in [7, 11) is 0. The van der Waals surface area contributed by atoms with Gasteiger partial charge in [0.15, 0.2) is 12.0 Å². The first kappa shape index (κ1) is 13.6. The fourth-order valence-corrected chi connectivity index (χ4v) is 1.64. The van der Waals surface area contributed by atoms with Gasteiger partial charge in [0.1, 0.15) is 17.4 Å². The number of rotatable bonds is 4. The van der Waals surface area contributed by atoms with Gasteiger partial charge in [-0.2, -0.15) is 5.26 Å². The van der Waals surface area contributed by atoms with Crippen molar-refractivity contribution in [2.45, 2.75) is 6.92 Å². The van der Waals surface area contributed by atoms with Crippen LogP contribution in [0.4, 0.5) is 0 Å². The Balaban J connectivity index is 2.47. The smallest absolute Gasteiger partial charge is 0.374 e. The van der Waals surface area contributed by atoms with Crippen molar-refractivity contribution in [2.75, 3.05) is 13.2 Å². The van der Waals surface area contributed by atoms with E-state index in [1.807, 2.05) is 6.07 Å². The van der Waals surface area contributed by atoms with Crippen LogP contribution in [0.15, 0.2) is 33.5 Å². The Morgan fingerprint density at radius 2 is 2.20 bits per heavy atom. The molecule has 0 atom stereocenters. The van der Waals surface area contributed by atoms with Crippen LogP contribution in [-0.2, 0) is 4.74 Å². The van der Waals surface area contributed by atoms with E-state index in [1.54, 1.807) is 13.0 Å². The lowest BCUT2D eigenvalue weighted by molar-refractivity contribution is 0.0490. The van der Waals surface area contributed by atoms with E-state index in [2.05, 4.69) is 0 Å². The van der Waals surface area contributed by atoms with Crippen LogP contribution in [-0.4, -0.2) is 19.2 Å². The summed E-state index contributed by atoms with van der Waals surface area (Å²) in [6.07, 6.45) is 0. The van der Waals surface area contributed by atoms with Gasteiger partial charge < -0.3 is 13.9 Å². The van der Waals surface area contributed by atoms with Crippen molar-refractivity contribution in [1.29, 1.82) is 5.26 Å². The lowest BCUT2D eigenvalue weighted by Gasteiger charge is -2.05. The van der Waals surface area contributed by atoms with Gasteiger partial charge in [0.2, 0.25) is 5.76 Å². The zero-order chi connectivity index (χ0) is 14.5. The van der Waals surface area contributed by atoms with Gasteiger partial charge in [0, 0.05) is 12.1 Å². The predicted molar refractivity (Wildman–Crippen MR) is 69.5 cm³/mol. The SMILES string of the molecule is CCOC(=O)c1cc(=O)c2ccc(OCC#N)cc2o1. The molecule has 6 nitrogen and oxygen atoms in total. The number of nitrogens with zero attached hydrogens (tertiary/aromatic N) is 1. The predicted octanol–water partition coefficient (Wildman–Crippen LogP) is 1.87. The third-order valence-corrected chi connectivity index (χ3v) is 2.48. The molecule has 0 radical (unpaired) electrons. The maximum atomic E-state index is 11.9. The Morgan fingerprint density at radius 3 is 2.90 bits per heavy atom. The van der Waals surface area contributed by atoms with E-state index in [0.29, 0.717) is 11.1 Å². The van der Waals surface area contributed by atoms with Crippen LogP contribution >= 0.6 is 0 Å². The molecule has 0 aliphatic carbocycles. The largest absolute Gasteiger partial charge is 0.479 e. The lowest BCUT2D eigenvalue weighted by atomic mass is 10.2. The molecule has 2 rings (SSSR count). The molecule has 6 heteroatoms. The maximum absolute atomic E-state index is 11.9. The van der Waals surface area contributed by atoms with E-state index in [9.17, 15) is 9.59 Å². The summed E-state index contributed by atoms with van der Waals surface area (Å²) in [5.74, 6) is -0.486. The molecule has 1 aromatic heterocycles. The molecule has 0 aliphatic rings. The highest BCUT2D eigenvalue weighted by molar-refractivity contribution is 5.89. The summed E-state index contributed by atoms with van der Waals surface area (Å²) in [6, 6.07) is 7.45. The van der Waals surface area contributed by atoms with E-state index in [-0.39, 0.29) is 30.0 Å². The Kier molecular flexibility index (Phi) is 4.01. The number of carbonyl (C=O) groups is 1. The van der Waals surface area contributed by atoms with Crippen LogP contribution in [0.1, 0.15) is 17.5 Å². The molecule has 0 saturated carbocycles. The molecule has 1 heterocycles. The molecule has 0 N–H and O–H groups in total. The lowest BCUT2D eigenvalue weighted by Crippen LogP contribution is -2.10. The minimum Gasteiger partial charge on any atom is -0.479 e. The van der Waals surface area contributed by atoms with E-state index >= 15 is 0 Å². The number of nitriles is 1. The standard InChI is InChI=1S/C14H11NO5/c1-2-18-14(17)13-8-11(16)10-4-3-9(19-6-5-15)7-12(10)20-13/h3-4,7-8H,2,6H2,1H3. The summed E-state index contributed by atoms with van der Waals surface area (Å²) < 4.78 is 15.2. The van der Waals surface area contributed by atoms with Gasteiger partial charge in [-0.3, -0.25) is 4.79 Å². The fraction of sp³-hybridized carbons (Fsp3) is 0.214. The highest BCUT2D eigenvalue weighted by Gasteiger charge is 2.13. The van der Waals surface area contributed by atoms with Crippen LogP contribution in [0.3, 0.4) is 0 Å². The first-order valence-corrected chi connectivity index (χ1v) is 5.90. The van der Waals surface area contributed by atoms with Crippen LogP contribution in [0.25, 0.3) is 11.0 Å². The fourth-order valence-electron chi connectivity index (χ4n) is 1.64. The number of ether oxygens (including phenoxy) is 2. The van der Waals surface area contributed by atoms with Crippen LogP contribution < -0.4 is 10.2 Å². The third-order valence-electron chi connectivity index (χ3n) is 2.48. The number of hydrogen-bond acceptors (Lipinski definition) is 6. The topological polar surface area (TPSA) is 89.5 Å². The van der Waals surface area contributed by atoms with Crippen molar-refractivity contribution in [3.05, 3.63) is 40.2 Å². The minimum atomic E-state index is -0.699. The molecule has 2 aromatic rings. The zero-order valence-corrected chi connectivity index (χ0v) is 10.7. The Labute approximate surface area is 114 Å². The molecule has 102 valence electrons. The Hall–Kier alpha value is -2.81. The van der Waals surface area contributed by atoms with E-state index in [0.717, 1.165) is 6.07 Å². The molecule has 0 unspecified atom stereocenters. The maximum Gasteiger partial charge on any atom is 0.374 e. The second-order valence-electron chi connectivity index (χ2n) is 3.80. The number of benzene rings is 1. The summed E-state index contributed by atoms with van der Waals surface area (Å²) >= 11 is 0. The quantitative estimate of drug-likeness (QED) is 0.790. The van der Waals surface area contributed by atoms with Gasteiger partial charge >= 0.3 is 5.97 Å². The van der Waals surface area contributed by atoms with Crippen molar-refractivity contribution < 1.29 is 18.7 Å². The van der Waals surface area contributed by atoms with Crippen LogP contribution in [0.2, 0.25) is 0 Å². The van der Waals surface area contributed by atoms with E-state index in [1.165, 1.54) is 12.1 Å². The summed E-state index contributed by atoms with van der Waals surface area (Å²) in [4.78, 5) is 23.4. The average Bonchev–Trinajstić information content (AvgIpc) is 2.45. The molecule has 1 aromatic carbocycles. The van der Waals surface area contributed by atoms with Gasteiger partial charge in [-0.15, -0.1) is 0 Å². The molecule has 0 saturated heterocycles. The third kappa shape index (κ3) is 2.78.